The molecule has 0 saturated heterocycles. The third-order valence-corrected chi connectivity index (χ3v) is 4.33. The van der Waals surface area contributed by atoms with E-state index in [9.17, 15) is 9.18 Å². The zero-order valence-corrected chi connectivity index (χ0v) is 12.8. The van der Waals surface area contributed by atoms with Gasteiger partial charge in [-0.05, 0) is 29.8 Å². The van der Waals surface area contributed by atoms with Gasteiger partial charge in [0.15, 0.2) is 0 Å². The number of aromatic amines is 1. The summed E-state index contributed by atoms with van der Waals surface area (Å²) >= 11 is 1.34. The molecule has 2 aromatic carbocycles. The number of H-pyrrole nitrogens is 1. The molecule has 5 nitrogen and oxygen atoms in total. The Bertz CT molecular complexity index is 763. The maximum atomic E-state index is 13.0. The number of hydrogen-bond acceptors (Lipinski definition) is 4. The van der Waals surface area contributed by atoms with E-state index in [-0.39, 0.29) is 17.7 Å². The van der Waals surface area contributed by atoms with E-state index in [1.165, 1.54) is 30.2 Å². The molecule has 116 valence electrons. The normalized spacial score (nSPS) is 11.9. The fourth-order valence-electron chi connectivity index (χ4n) is 2.00. The molecule has 0 aliphatic heterocycles. The molecule has 0 radical (unpaired) electrons. The Balaban J connectivity index is 1.84. The Labute approximate surface area is 136 Å². The van der Waals surface area contributed by atoms with Gasteiger partial charge in [-0.1, -0.05) is 30.3 Å². The van der Waals surface area contributed by atoms with E-state index < -0.39 is 5.25 Å². The standard InChI is InChI=1S/C16H13FN4OS/c17-12-6-8-13(9-7-12)23-14(11-4-2-1-3-5-11)15(22)20-16-18-10-19-21-16/h1-10,14H,(H2,18,19,20,21,22). The molecule has 3 rings (SSSR count). The summed E-state index contributed by atoms with van der Waals surface area (Å²) in [7, 11) is 0. The number of carbonyl (C=O) groups excluding carboxylic acids is 1. The average molecular weight is 328 g/mol. The zero-order chi connectivity index (χ0) is 16.1. The predicted octanol–water partition coefficient (Wildman–Crippen LogP) is 3.42. The number of rotatable bonds is 5. The highest BCUT2D eigenvalue weighted by Gasteiger charge is 2.22. The number of hydrogen-bond donors (Lipinski definition) is 2. The Morgan fingerprint density at radius 2 is 1.87 bits per heavy atom. The number of halogens is 1. The highest BCUT2D eigenvalue weighted by molar-refractivity contribution is 8.00. The lowest BCUT2D eigenvalue weighted by atomic mass is 10.1. The maximum Gasteiger partial charge on any atom is 0.244 e. The molecule has 1 atom stereocenters. The molecule has 1 unspecified atom stereocenters. The second kappa shape index (κ2) is 7.06. The Kier molecular flexibility index (Phi) is 4.68. The van der Waals surface area contributed by atoms with Crippen molar-refractivity contribution in [1.29, 1.82) is 0 Å². The molecule has 1 heterocycles. The van der Waals surface area contributed by atoms with Crippen molar-refractivity contribution in [2.45, 2.75) is 10.1 Å². The van der Waals surface area contributed by atoms with Crippen molar-refractivity contribution in [3.05, 3.63) is 72.3 Å². The van der Waals surface area contributed by atoms with E-state index in [0.717, 1.165) is 10.5 Å². The van der Waals surface area contributed by atoms with Crippen LogP contribution in [0.2, 0.25) is 0 Å². The topological polar surface area (TPSA) is 70.7 Å². The van der Waals surface area contributed by atoms with Gasteiger partial charge in [0.1, 0.15) is 17.4 Å². The highest BCUT2D eigenvalue weighted by Crippen LogP contribution is 2.36. The second-order valence-corrected chi connectivity index (χ2v) is 5.86. The molecule has 1 amide bonds. The van der Waals surface area contributed by atoms with Crippen LogP contribution in [0.15, 0.2) is 65.8 Å². The third kappa shape index (κ3) is 3.95. The van der Waals surface area contributed by atoms with E-state index in [4.69, 9.17) is 0 Å². The summed E-state index contributed by atoms with van der Waals surface area (Å²) in [6, 6.07) is 15.4. The van der Waals surface area contributed by atoms with E-state index >= 15 is 0 Å². The Morgan fingerprint density at radius 3 is 2.52 bits per heavy atom. The van der Waals surface area contributed by atoms with Crippen LogP contribution in [0.4, 0.5) is 10.3 Å². The summed E-state index contributed by atoms with van der Waals surface area (Å²) in [4.78, 5) is 17.3. The molecule has 2 N–H and O–H groups in total. The van der Waals surface area contributed by atoms with Gasteiger partial charge in [-0.2, -0.15) is 10.1 Å². The lowest BCUT2D eigenvalue weighted by molar-refractivity contribution is -0.115. The molecule has 0 spiro atoms. The molecule has 0 bridgehead atoms. The van der Waals surface area contributed by atoms with Crippen molar-refractivity contribution in [1.82, 2.24) is 15.2 Å². The smallest absolute Gasteiger partial charge is 0.244 e. The van der Waals surface area contributed by atoms with Crippen molar-refractivity contribution in [2.75, 3.05) is 5.32 Å². The number of anilines is 1. The van der Waals surface area contributed by atoms with Gasteiger partial charge in [-0.15, -0.1) is 11.8 Å². The number of thioether (sulfide) groups is 1. The summed E-state index contributed by atoms with van der Waals surface area (Å²) < 4.78 is 13.0. The van der Waals surface area contributed by atoms with Crippen LogP contribution in [0.3, 0.4) is 0 Å². The van der Waals surface area contributed by atoms with Crippen LogP contribution >= 0.6 is 11.8 Å². The summed E-state index contributed by atoms with van der Waals surface area (Å²) in [5, 5.41) is 8.49. The second-order valence-electron chi connectivity index (χ2n) is 4.69. The van der Waals surface area contributed by atoms with Gasteiger partial charge in [0.05, 0.1) is 0 Å². The lowest BCUT2D eigenvalue weighted by Crippen LogP contribution is -2.19. The fourth-order valence-corrected chi connectivity index (χ4v) is 3.02. The van der Waals surface area contributed by atoms with Gasteiger partial charge in [0, 0.05) is 4.90 Å². The van der Waals surface area contributed by atoms with Gasteiger partial charge in [0.2, 0.25) is 11.9 Å². The SMILES string of the molecule is O=C(Nc1ncn[nH]1)C(Sc1ccc(F)cc1)c1ccccc1. The summed E-state index contributed by atoms with van der Waals surface area (Å²) in [5.74, 6) is -0.255. The van der Waals surface area contributed by atoms with Crippen molar-refractivity contribution >= 4 is 23.6 Å². The Hall–Kier alpha value is -2.67. The molecule has 23 heavy (non-hydrogen) atoms. The molecule has 3 aromatic rings. The molecule has 7 heteroatoms. The minimum atomic E-state index is -0.494. The van der Waals surface area contributed by atoms with Gasteiger partial charge in [-0.25, -0.2) is 9.49 Å². The first-order chi connectivity index (χ1) is 11.2. The van der Waals surface area contributed by atoms with Gasteiger partial charge >= 0.3 is 0 Å². The number of amides is 1. The van der Waals surface area contributed by atoms with Crippen LogP contribution in [0.1, 0.15) is 10.8 Å². The van der Waals surface area contributed by atoms with Crippen LogP contribution in [0, 0.1) is 5.82 Å². The highest BCUT2D eigenvalue weighted by atomic mass is 32.2. The average Bonchev–Trinajstić information content (AvgIpc) is 3.08. The summed E-state index contributed by atoms with van der Waals surface area (Å²) in [5.41, 5.74) is 0.846. The van der Waals surface area contributed by atoms with E-state index in [2.05, 4.69) is 20.5 Å². The molecule has 1 aromatic heterocycles. The van der Waals surface area contributed by atoms with Gasteiger partial charge in [-0.3, -0.25) is 10.1 Å². The van der Waals surface area contributed by atoms with Crippen LogP contribution in [-0.4, -0.2) is 21.1 Å². The monoisotopic (exact) mass is 328 g/mol. The molecule has 0 fully saturated rings. The minimum absolute atomic E-state index is 0.234. The first kappa shape index (κ1) is 15.2. The summed E-state index contributed by atoms with van der Waals surface area (Å²) in [6.45, 7) is 0. The first-order valence-electron chi connectivity index (χ1n) is 6.86. The van der Waals surface area contributed by atoms with Gasteiger partial charge in [0.25, 0.3) is 0 Å². The van der Waals surface area contributed by atoms with E-state index in [0.29, 0.717) is 0 Å². The molecular weight excluding hydrogens is 315 g/mol. The van der Waals surface area contributed by atoms with Crippen LogP contribution < -0.4 is 5.32 Å². The van der Waals surface area contributed by atoms with Crippen LogP contribution in [0.5, 0.6) is 0 Å². The predicted molar refractivity (Wildman–Crippen MR) is 86.5 cm³/mol. The van der Waals surface area contributed by atoms with E-state index in [1.54, 1.807) is 12.1 Å². The third-order valence-electron chi connectivity index (χ3n) is 3.06. The van der Waals surface area contributed by atoms with Crippen LogP contribution in [0.25, 0.3) is 0 Å². The number of nitrogens with zero attached hydrogens (tertiary/aromatic N) is 2. The zero-order valence-electron chi connectivity index (χ0n) is 11.9. The number of aromatic nitrogens is 3. The minimum Gasteiger partial charge on any atom is -0.294 e. The van der Waals surface area contributed by atoms with E-state index in [1.807, 2.05) is 30.3 Å². The quantitative estimate of drug-likeness (QED) is 0.704. The largest absolute Gasteiger partial charge is 0.294 e. The molecule has 0 saturated carbocycles. The Morgan fingerprint density at radius 1 is 1.13 bits per heavy atom. The molecular formula is C16H13FN4OS. The summed E-state index contributed by atoms with van der Waals surface area (Å²) in [6.07, 6.45) is 1.32. The first-order valence-corrected chi connectivity index (χ1v) is 7.74. The lowest BCUT2D eigenvalue weighted by Gasteiger charge is -2.16. The number of benzene rings is 2. The molecule has 0 aliphatic rings. The van der Waals surface area contributed by atoms with Crippen molar-refractivity contribution in [3.8, 4) is 0 Å². The maximum absolute atomic E-state index is 13.0. The van der Waals surface area contributed by atoms with Crippen LogP contribution in [-0.2, 0) is 4.79 Å². The fraction of sp³-hybridized carbons (Fsp3) is 0.0625. The van der Waals surface area contributed by atoms with Crippen molar-refractivity contribution < 1.29 is 9.18 Å². The molecule has 0 aliphatic carbocycles. The van der Waals surface area contributed by atoms with Crippen molar-refractivity contribution in [3.63, 3.8) is 0 Å². The number of nitrogens with one attached hydrogen (secondary N) is 2. The van der Waals surface area contributed by atoms with Crippen molar-refractivity contribution in [2.24, 2.45) is 0 Å². The number of carbonyl (C=O) groups is 1. The van der Waals surface area contributed by atoms with Gasteiger partial charge < -0.3 is 0 Å².